The van der Waals surface area contributed by atoms with E-state index in [0.717, 1.165) is 12.0 Å². The molecule has 0 heterocycles. The van der Waals surface area contributed by atoms with Crippen LogP contribution in [0.2, 0.25) is 0 Å². The highest BCUT2D eigenvalue weighted by Gasteiger charge is 2.07. The molecule has 0 spiro atoms. The number of benzene rings is 1. The Labute approximate surface area is 111 Å². The number of hydrogen-bond acceptors (Lipinski definition) is 1. The lowest BCUT2D eigenvalue weighted by atomic mass is 10.0. The largest absolute Gasteiger partial charge is 0.350 e. The van der Waals surface area contributed by atoms with Crippen molar-refractivity contribution in [1.82, 2.24) is 5.32 Å². The fraction of sp³-hybridized carbons (Fsp3) is 0.562. The quantitative estimate of drug-likeness (QED) is 0.726. The predicted molar refractivity (Wildman–Crippen MR) is 76.9 cm³/mol. The van der Waals surface area contributed by atoms with Crippen molar-refractivity contribution in [3.05, 3.63) is 35.4 Å². The van der Waals surface area contributed by atoms with Gasteiger partial charge in [-0.2, -0.15) is 0 Å². The minimum atomic E-state index is 0.0282. The van der Waals surface area contributed by atoms with E-state index < -0.39 is 0 Å². The Hall–Kier alpha value is -1.31. The first-order valence-electron chi connectivity index (χ1n) is 7.03. The maximum Gasteiger partial charge on any atom is 0.251 e. The van der Waals surface area contributed by atoms with Crippen molar-refractivity contribution in [1.29, 1.82) is 0 Å². The van der Waals surface area contributed by atoms with Crippen LogP contribution in [0.3, 0.4) is 0 Å². The van der Waals surface area contributed by atoms with Gasteiger partial charge in [-0.05, 0) is 44.4 Å². The number of carbonyl (C=O) groups excluding carboxylic acids is 1. The maximum absolute atomic E-state index is 11.9. The van der Waals surface area contributed by atoms with E-state index >= 15 is 0 Å². The van der Waals surface area contributed by atoms with Gasteiger partial charge in [0.05, 0.1) is 0 Å². The lowest BCUT2D eigenvalue weighted by Crippen LogP contribution is -2.30. The molecule has 0 saturated carbocycles. The molecule has 1 rings (SSSR count). The molecule has 0 aliphatic carbocycles. The van der Waals surface area contributed by atoms with E-state index in [1.54, 1.807) is 0 Å². The van der Waals surface area contributed by atoms with E-state index in [4.69, 9.17) is 0 Å². The van der Waals surface area contributed by atoms with Crippen LogP contribution < -0.4 is 5.32 Å². The number of unbranched alkanes of at least 4 members (excludes halogenated alkanes) is 3. The maximum atomic E-state index is 11.9. The highest BCUT2D eigenvalue weighted by molar-refractivity contribution is 5.94. The zero-order valence-electron chi connectivity index (χ0n) is 11.8. The van der Waals surface area contributed by atoms with E-state index in [1.807, 2.05) is 32.0 Å². The van der Waals surface area contributed by atoms with Crippen molar-refractivity contribution in [3.8, 4) is 0 Å². The second-order valence-electron chi connectivity index (χ2n) is 5.14. The van der Waals surface area contributed by atoms with Gasteiger partial charge < -0.3 is 5.32 Å². The molecule has 0 fully saturated rings. The molecule has 2 heteroatoms. The van der Waals surface area contributed by atoms with Gasteiger partial charge in [-0.15, -0.1) is 0 Å². The van der Waals surface area contributed by atoms with E-state index in [2.05, 4.69) is 18.3 Å². The molecule has 0 radical (unpaired) electrons. The molecular weight excluding hydrogens is 222 g/mol. The van der Waals surface area contributed by atoms with Crippen LogP contribution in [0, 0.1) is 0 Å². The summed E-state index contributed by atoms with van der Waals surface area (Å²) in [6.07, 6.45) is 6.12. The van der Waals surface area contributed by atoms with E-state index in [-0.39, 0.29) is 11.9 Å². The molecule has 0 bridgehead atoms. The molecule has 0 saturated heterocycles. The number of amides is 1. The van der Waals surface area contributed by atoms with Crippen molar-refractivity contribution < 1.29 is 4.79 Å². The number of nitrogens with one attached hydrogen (secondary N) is 1. The van der Waals surface area contributed by atoms with Crippen LogP contribution in [-0.2, 0) is 6.42 Å². The Morgan fingerprint density at radius 2 is 2.00 bits per heavy atom. The molecule has 1 aromatic carbocycles. The van der Waals surface area contributed by atoms with E-state index in [9.17, 15) is 4.79 Å². The topological polar surface area (TPSA) is 29.1 Å². The van der Waals surface area contributed by atoms with Gasteiger partial charge in [-0.25, -0.2) is 0 Å². The zero-order chi connectivity index (χ0) is 13.4. The summed E-state index contributed by atoms with van der Waals surface area (Å²) in [5.41, 5.74) is 2.04. The summed E-state index contributed by atoms with van der Waals surface area (Å²) in [6.45, 7) is 6.18. The van der Waals surface area contributed by atoms with Gasteiger partial charge in [-0.1, -0.05) is 38.3 Å². The third-order valence-corrected chi connectivity index (χ3v) is 2.93. The molecular formula is C16H25NO. The molecule has 1 N–H and O–H groups in total. The standard InChI is InChI=1S/C16H25NO/c1-4-5-6-7-9-14-10-8-11-15(12-14)16(18)17-13(2)3/h8,10-13H,4-7,9H2,1-3H3,(H,17,18). The number of carbonyl (C=O) groups is 1. The molecule has 1 aromatic rings. The summed E-state index contributed by atoms with van der Waals surface area (Å²) in [5.74, 6) is 0.0282. The fourth-order valence-corrected chi connectivity index (χ4v) is 1.97. The third kappa shape index (κ3) is 5.35. The minimum Gasteiger partial charge on any atom is -0.350 e. The van der Waals surface area contributed by atoms with Gasteiger partial charge in [0, 0.05) is 11.6 Å². The number of rotatable bonds is 7. The van der Waals surface area contributed by atoms with Crippen molar-refractivity contribution in [2.45, 2.75) is 58.9 Å². The number of hydrogen-bond donors (Lipinski definition) is 1. The SMILES string of the molecule is CCCCCCc1cccc(C(=O)NC(C)C)c1. The Kier molecular flexibility index (Phi) is 6.48. The Morgan fingerprint density at radius 1 is 1.22 bits per heavy atom. The first kappa shape index (κ1) is 14.7. The Bertz CT molecular complexity index is 371. The summed E-state index contributed by atoms with van der Waals surface area (Å²) >= 11 is 0. The molecule has 0 aliphatic heterocycles. The van der Waals surface area contributed by atoms with Crippen LogP contribution in [0.5, 0.6) is 0 Å². The summed E-state index contributed by atoms with van der Waals surface area (Å²) in [5, 5.41) is 2.92. The normalized spacial score (nSPS) is 10.7. The monoisotopic (exact) mass is 247 g/mol. The fourth-order valence-electron chi connectivity index (χ4n) is 1.97. The van der Waals surface area contributed by atoms with Crippen LogP contribution in [0.15, 0.2) is 24.3 Å². The second-order valence-corrected chi connectivity index (χ2v) is 5.14. The summed E-state index contributed by atoms with van der Waals surface area (Å²) < 4.78 is 0. The highest BCUT2D eigenvalue weighted by Crippen LogP contribution is 2.10. The van der Waals surface area contributed by atoms with Gasteiger partial charge in [0.15, 0.2) is 0 Å². The Balaban J connectivity index is 2.53. The molecule has 0 atom stereocenters. The van der Waals surface area contributed by atoms with Gasteiger partial charge in [0.1, 0.15) is 0 Å². The molecule has 0 aliphatic rings. The first-order chi connectivity index (χ1) is 8.63. The Morgan fingerprint density at radius 3 is 2.67 bits per heavy atom. The molecule has 1 amide bonds. The van der Waals surface area contributed by atoms with E-state index in [1.165, 1.54) is 31.2 Å². The molecule has 18 heavy (non-hydrogen) atoms. The lowest BCUT2D eigenvalue weighted by molar-refractivity contribution is 0.0943. The van der Waals surface area contributed by atoms with Crippen LogP contribution in [0.1, 0.15) is 62.4 Å². The highest BCUT2D eigenvalue weighted by atomic mass is 16.1. The van der Waals surface area contributed by atoms with Crippen LogP contribution in [0.4, 0.5) is 0 Å². The predicted octanol–water partition coefficient (Wildman–Crippen LogP) is 3.95. The summed E-state index contributed by atoms with van der Waals surface area (Å²) in [7, 11) is 0. The van der Waals surface area contributed by atoms with Gasteiger partial charge in [0.25, 0.3) is 5.91 Å². The van der Waals surface area contributed by atoms with Crippen LogP contribution in [0.25, 0.3) is 0 Å². The minimum absolute atomic E-state index is 0.0282. The van der Waals surface area contributed by atoms with Crippen LogP contribution >= 0.6 is 0 Å². The average Bonchev–Trinajstić information content (AvgIpc) is 2.34. The van der Waals surface area contributed by atoms with Crippen LogP contribution in [-0.4, -0.2) is 11.9 Å². The summed E-state index contributed by atoms with van der Waals surface area (Å²) in [6, 6.07) is 8.17. The number of aryl methyl sites for hydroxylation is 1. The van der Waals surface area contributed by atoms with Crippen molar-refractivity contribution in [2.24, 2.45) is 0 Å². The van der Waals surface area contributed by atoms with Crippen molar-refractivity contribution >= 4 is 5.91 Å². The smallest absolute Gasteiger partial charge is 0.251 e. The van der Waals surface area contributed by atoms with Gasteiger partial charge >= 0.3 is 0 Å². The molecule has 100 valence electrons. The zero-order valence-corrected chi connectivity index (χ0v) is 11.8. The molecule has 2 nitrogen and oxygen atoms in total. The average molecular weight is 247 g/mol. The second kappa shape index (κ2) is 7.91. The third-order valence-electron chi connectivity index (χ3n) is 2.93. The van der Waals surface area contributed by atoms with Crippen molar-refractivity contribution in [3.63, 3.8) is 0 Å². The van der Waals surface area contributed by atoms with Gasteiger partial charge in [-0.3, -0.25) is 4.79 Å². The first-order valence-corrected chi connectivity index (χ1v) is 7.03. The van der Waals surface area contributed by atoms with E-state index in [0.29, 0.717) is 0 Å². The lowest BCUT2D eigenvalue weighted by Gasteiger charge is -2.09. The molecule has 0 unspecified atom stereocenters. The van der Waals surface area contributed by atoms with Crippen molar-refractivity contribution in [2.75, 3.05) is 0 Å². The summed E-state index contributed by atoms with van der Waals surface area (Å²) in [4.78, 5) is 11.9. The molecule has 0 aromatic heterocycles. The van der Waals surface area contributed by atoms with Gasteiger partial charge in [0.2, 0.25) is 0 Å².